The Bertz CT molecular complexity index is 918. The highest BCUT2D eigenvalue weighted by molar-refractivity contribution is 7.17. The number of thiophene rings is 1. The first-order chi connectivity index (χ1) is 13.8. The summed E-state index contributed by atoms with van der Waals surface area (Å²) in [4.78, 5) is 36.7. The number of rotatable bonds is 6. The van der Waals surface area contributed by atoms with E-state index in [1.165, 1.54) is 23.5 Å². The molecule has 0 bridgehead atoms. The molecule has 7 nitrogen and oxygen atoms in total. The molecule has 0 saturated carbocycles. The molecule has 1 N–H and O–H groups in total. The van der Waals surface area contributed by atoms with E-state index in [4.69, 9.17) is 4.74 Å². The van der Waals surface area contributed by atoms with E-state index in [1.54, 1.807) is 26.0 Å². The van der Waals surface area contributed by atoms with E-state index in [-0.39, 0.29) is 24.1 Å². The number of anilines is 1. The molecule has 1 aromatic carbocycles. The first kappa shape index (κ1) is 21.0. The molecule has 154 valence electrons. The summed E-state index contributed by atoms with van der Waals surface area (Å²) in [6, 6.07) is 5.88. The highest BCUT2D eigenvalue weighted by atomic mass is 32.1. The van der Waals surface area contributed by atoms with Gasteiger partial charge in [0.05, 0.1) is 23.0 Å². The van der Waals surface area contributed by atoms with Crippen LogP contribution in [0.4, 0.5) is 10.7 Å². The van der Waals surface area contributed by atoms with Gasteiger partial charge in [-0.2, -0.15) is 0 Å². The third-order valence-electron chi connectivity index (χ3n) is 4.73. The number of carbonyl (C=O) groups is 2. The monoisotopic (exact) mass is 416 g/mol. The zero-order valence-electron chi connectivity index (χ0n) is 16.5. The van der Waals surface area contributed by atoms with Crippen molar-refractivity contribution in [3.63, 3.8) is 0 Å². The fraction of sp³-hybridized carbons (Fsp3) is 0.429. The van der Waals surface area contributed by atoms with Crippen molar-refractivity contribution in [3.8, 4) is 0 Å². The van der Waals surface area contributed by atoms with Crippen LogP contribution in [0.5, 0.6) is 0 Å². The number of amides is 1. The van der Waals surface area contributed by atoms with Gasteiger partial charge in [0.1, 0.15) is 5.00 Å². The summed E-state index contributed by atoms with van der Waals surface area (Å²) >= 11 is 1.45. The number of fused-ring (bicyclic) bond motifs is 1. The standard InChI is InChI=1S/C21H24N2O5S/c1-13(2)28-21(25)19-16-6-4-3-5-7-17(16)29-20(19)22-18(24)12-14-8-10-15(11-9-14)23(26)27/h8-11,13H,3-7,12H2,1-2H3,(H,22,24). The fourth-order valence-corrected chi connectivity index (χ4v) is 4.70. The van der Waals surface area contributed by atoms with Gasteiger partial charge in [-0.15, -0.1) is 11.3 Å². The van der Waals surface area contributed by atoms with Crippen LogP contribution in [-0.4, -0.2) is 22.9 Å². The zero-order valence-corrected chi connectivity index (χ0v) is 17.3. The molecular formula is C21H24N2O5S. The van der Waals surface area contributed by atoms with Gasteiger partial charge in [-0.1, -0.05) is 18.6 Å². The number of hydrogen-bond donors (Lipinski definition) is 1. The van der Waals surface area contributed by atoms with Crippen LogP contribution < -0.4 is 5.32 Å². The van der Waals surface area contributed by atoms with Crippen molar-refractivity contribution in [2.45, 2.75) is 58.5 Å². The predicted octanol–water partition coefficient (Wildman–Crippen LogP) is 4.67. The highest BCUT2D eigenvalue weighted by Crippen LogP contribution is 2.38. The lowest BCUT2D eigenvalue weighted by Crippen LogP contribution is -2.18. The molecule has 0 aliphatic heterocycles. The first-order valence-electron chi connectivity index (χ1n) is 9.74. The van der Waals surface area contributed by atoms with Crippen molar-refractivity contribution in [1.29, 1.82) is 0 Å². The van der Waals surface area contributed by atoms with Gasteiger partial charge in [0.15, 0.2) is 0 Å². The molecule has 0 unspecified atom stereocenters. The van der Waals surface area contributed by atoms with Gasteiger partial charge in [-0.25, -0.2) is 4.79 Å². The van der Waals surface area contributed by atoms with Crippen molar-refractivity contribution in [1.82, 2.24) is 0 Å². The molecule has 0 radical (unpaired) electrons. The second-order valence-electron chi connectivity index (χ2n) is 7.37. The number of nitro benzene ring substituents is 1. The van der Waals surface area contributed by atoms with Crippen LogP contribution >= 0.6 is 11.3 Å². The normalized spacial score (nSPS) is 13.5. The summed E-state index contributed by atoms with van der Waals surface area (Å²) in [5.74, 6) is -0.668. The van der Waals surface area contributed by atoms with Gasteiger partial charge in [-0.3, -0.25) is 14.9 Å². The molecular weight excluding hydrogens is 392 g/mol. The summed E-state index contributed by atoms with van der Waals surface area (Å²) in [6.07, 6.45) is 4.76. The minimum absolute atomic E-state index is 0.0186. The average Bonchev–Trinajstić information content (AvgIpc) is 2.82. The van der Waals surface area contributed by atoms with Gasteiger partial charge in [0, 0.05) is 17.0 Å². The van der Waals surface area contributed by atoms with Crippen LogP contribution in [0.25, 0.3) is 0 Å². The molecule has 1 aromatic heterocycles. The SMILES string of the molecule is CC(C)OC(=O)c1c(NC(=O)Cc2ccc([N+](=O)[O-])cc2)sc2c1CCCCC2. The van der Waals surface area contributed by atoms with E-state index in [1.807, 2.05) is 0 Å². The number of ether oxygens (including phenoxy) is 1. The smallest absolute Gasteiger partial charge is 0.341 e. The Balaban J connectivity index is 1.80. The van der Waals surface area contributed by atoms with Crippen LogP contribution in [0, 0.1) is 10.1 Å². The molecule has 1 aliphatic carbocycles. The van der Waals surface area contributed by atoms with Crippen LogP contribution in [-0.2, 0) is 28.8 Å². The minimum Gasteiger partial charge on any atom is -0.459 e. The lowest BCUT2D eigenvalue weighted by Gasteiger charge is -2.11. The third-order valence-corrected chi connectivity index (χ3v) is 5.94. The van der Waals surface area contributed by atoms with E-state index in [0.717, 1.165) is 42.5 Å². The Morgan fingerprint density at radius 3 is 2.52 bits per heavy atom. The van der Waals surface area contributed by atoms with Gasteiger partial charge < -0.3 is 10.1 Å². The molecule has 1 amide bonds. The van der Waals surface area contributed by atoms with Gasteiger partial charge >= 0.3 is 5.97 Å². The Morgan fingerprint density at radius 1 is 1.17 bits per heavy atom. The van der Waals surface area contributed by atoms with Crippen LogP contribution in [0.2, 0.25) is 0 Å². The van der Waals surface area contributed by atoms with E-state index in [9.17, 15) is 19.7 Å². The summed E-state index contributed by atoms with van der Waals surface area (Å²) < 4.78 is 5.43. The number of benzene rings is 1. The topological polar surface area (TPSA) is 98.5 Å². The molecule has 0 fully saturated rings. The van der Waals surface area contributed by atoms with Crippen molar-refractivity contribution >= 4 is 33.9 Å². The molecule has 2 aromatic rings. The Hall–Kier alpha value is -2.74. The fourth-order valence-electron chi connectivity index (χ4n) is 3.41. The lowest BCUT2D eigenvalue weighted by molar-refractivity contribution is -0.384. The van der Waals surface area contributed by atoms with Gasteiger partial charge in [0.2, 0.25) is 5.91 Å². The van der Waals surface area contributed by atoms with Crippen molar-refractivity contribution in [2.75, 3.05) is 5.32 Å². The minimum atomic E-state index is -0.477. The second-order valence-corrected chi connectivity index (χ2v) is 8.48. The molecule has 0 saturated heterocycles. The predicted molar refractivity (Wildman–Crippen MR) is 112 cm³/mol. The maximum Gasteiger partial charge on any atom is 0.341 e. The summed E-state index contributed by atoms with van der Waals surface area (Å²) in [5.41, 5.74) is 2.13. The van der Waals surface area contributed by atoms with Gasteiger partial charge in [-0.05, 0) is 50.7 Å². The van der Waals surface area contributed by atoms with Gasteiger partial charge in [0.25, 0.3) is 5.69 Å². The number of aryl methyl sites for hydroxylation is 1. The number of esters is 1. The summed E-state index contributed by atoms with van der Waals surface area (Å²) in [7, 11) is 0. The molecule has 1 aliphatic rings. The summed E-state index contributed by atoms with van der Waals surface area (Å²) in [5, 5.41) is 14.2. The van der Waals surface area contributed by atoms with Crippen molar-refractivity contribution in [2.24, 2.45) is 0 Å². The van der Waals surface area contributed by atoms with E-state index in [0.29, 0.717) is 16.1 Å². The Morgan fingerprint density at radius 2 is 1.86 bits per heavy atom. The van der Waals surface area contributed by atoms with E-state index >= 15 is 0 Å². The molecule has 29 heavy (non-hydrogen) atoms. The molecule has 8 heteroatoms. The second kappa shape index (κ2) is 9.17. The molecule has 3 rings (SSSR count). The van der Waals surface area contributed by atoms with Crippen LogP contribution in [0.1, 0.15) is 59.5 Å². The first-order valence-corrected chi connectivity index (χ1v) is 10.6. The quantitative estimate of drug-likeness (QED) is 0.319. The van der Waals surface area contributed by atoms with E-state index in [2.05, 4.69) is 5.32 Å². The Labute approximate surface area is 173 Å². The molecule has 0 atom stereocenters. The maximum absolute atomic E-state index is 12.7. The van der Waals surface area contributed by atoms with Crippen LogP contribution in [0.15, 0.2) is 24.3 Å². The lowest BCUT2D eigenvalue weighted by atomic mass is 10.1. The van der Waals surface area contributed by atoms with Crippen molar-refractivity contribution in [3.05, 3.63) is 55.9 Å². The van der Waals surface area contributed by atoms with Crippen molar-refractivity contribution < 1.29 is 19.2 Å². The molecule has 1 heterocycles. The summed E-state index contributed by atoms with van der Waals surface area (Å²) in [6.45, 7) is 3.60. The zero-order chi connectivity index (χ0) is 21.0. The number of hydrogen-bond acceptors (Lipinski definition) is 6. The highest BCUT2D eigenvalue weighted by Gasteiger charge is 2.27. The number of nitrogens with one attached hydrogen (secondary N) is 1. The number of nitrogens with zero attached hydrogens (tertiary/aromatic N) is 1. The van der Waals surface area contributed by atoms with E-state index < -0.39 is 10.9 Å². The average molecular weight is 416 g/mol. The number of nitro groups is 1. The molecule has 0 spiro atoms. The third kappa shape index (κ3) is 5.20. The maximum atomic E-state index is 12.7. The number of carbonyl (C=O) groups excluding carboxylic acids is 2. The largest absolute Gasteiger partial charge is 0.459 e. The van der Waals surface area contributed by atoms with Crippen LogP contribution in [0.3, 0.4) is 0 Å². The Kier molecular flexibility index (Phi) is 6.64. The number of non-ortho nitro benzene ring substituents is 1.